The molecule has 0 radical (unpaired) electrons. The first-order chi connectivity index (χ1) is 21.5. The second kappa shape index (κ2) is 12.7. The minimum atomic E-state index is -0.656. The Morgan fingerprint density at radius 3 is 2.32 bits per heavy atom. The SMILES string of the molecule is COc1ccc(C(=O)N2c3ccccc3C(N3CCc4ccccc43)C(OC(=O)NCCc3ccccc3)C2C)cc1OC. The summed E-state index contributed by atoms with van der Waals surface area (Å²) in [5.74, 6) is 0.787. The monoisotopic (exact) mass is 591 g/mol. The van der Waals surface area contributed by atoms with Crippen molar-refractivity contribution in [2.45, 2.75) is 38.0 Å². The largest absolute Gasteiger partial charge is 0.493 e. The van der Waals surface area contributed by atoms with E-state index < -0.39 is 18.2 Å². The summed E-state index contributed by atoms with van der Waals surface area (Å²) in [5.41, 5.74) is 5.67. The number of alkyl carbamates (subject to hydrolysis) is 1. The van der Waals surface area contributed by atoms with Crippen LogP contribution in [0.2, 0.25) is 0 Å². The van der Waals surface area contributed by atoms with Gasteiger partial charge < -0.3 is 29.3 Å². The highest BCUT2D eigenvalue weighted by Gasteiger charge is 2.47. The highest BCUT2D eigenvalue weighted by atomic mass is 16.6. The van der Waals surface area contributed by atoms with Crippen LogP contribution in [-0.4, -0.2) is 51.5 Å². The van der Waals surface area contributed by atoms with Crippen LogP contribution in [0.15, 0.2) is 97.1 Å². The molecule has 0 fully saturated rings. The third-order valence-corrected chi connectivity index (χ3v) is 8.59. The molecule has 2 heterocycles. The summed E-state index contributed by atoms with van der Waals surface area (Å²) in [5, 5.41) is 2.94. The van der Waals surface area contributed by atoms with Crippen LogP contribution in [0, 0.1) is 0 Å². The maximum absolute atomic E-state index is 14.3. The molecule has 0 aromatic heterocycles. The number of fused-ring (bicyclic) bond motifs is 2. The van der Waals surface area contributed by atoms with E-state index in [4.69, 9.17) is 14.2 Å². The molecular formula is C36H37N3O5. The van der Waals surface area contributed by atoms with Crippen molar-refractivity contribution in [1.29, 1.82) is 0 Å². The van der Waals surface area contributed by atoms with Crippen molar-refractivity contribution in [3.63, 3.8) is 0 Å². The lowest BCUT2D eigenvalue weighted by atomic mass is 9.87. The van der Waals surface area contributed by atoms with Gasteiger partial charge in [0.15, 0.2) is 11.5 Å². The van der Waals surface area contributed by atoms with E-state index in [1.165, 1.54) is 5.56 Å². The third-order valence-electron chi connectivity index (χ3n) is 8.59. The standard InChI is InChI=1S/C36H37N3O5/c1-24-34(44-36(41)37-21-19-25-11-5-4-6-12-25)33(38-22-20-26-13-7-9-15-29(26)38)28-14-8-10-16-30(28)39(24)35(40)27-17-18-31(42-2)32(23-27)43-3/h4-18,23-24,33-34H,19-22H2,1-3H3,(H,37,41). The lowest BCUT2D eigenvalue weighted by Crippen LogP contribution is -2.57. The molecule has 0 saturated heterocycles. The van der Waals surface area contributed by atoms with Crippen LogP contribution in [-0.2, 0) is 17.6 Å². The number of carbonyl (C=O) groups excluding carboxylic acids is 2. The summed E-state index contributed by atoms with van der Waals surface area (Å²) in [6, 6.07) is 30.6. The van der Waals surface area contributed by atoms with Gasteiger partial charge in [-0.2, -0.15) is 0 Å². The number of nitrogens with zero attached hydrogens (tertiary/aromatic N) is 2. The van der Waals surface area contributed by atoms with Gasteiger partial charge in [-0.1, -0.05) is 66.7 Å². The van der Waals surface area contributed by atoms with Gasteiger partial charge >= 0.3 is 6.09 Å². The number of nitrogens with one attached hydrogen (secondary N) is 1. The molecule has 0 saturated carbocycles. The number of benzene rings is 4. The quantitative estimate of drug-likeness (QED) is 0.263. The smallest absolute Gasteiger partial charge is 0.407 e. The predicted octanol–water partition coefficient (Wildman–Crippen LogP) is 6.19. The van der Waals surface area contributed by atoms with Gasteiger partial charge in [-0.3, -0.25) is 4.79 Å². The molecular weight excluding hydrogens is 554 g/mol. The second-order valence-corrected chi connectivity index (χ2v) is 11.1. The minimum absolute atomic E-state index is 0.218. The zero-order valence-electron chi connectivity index (χ0n) is 25.2. The second-order valence-electron chi connectivity index (χ2n) is 11.1. The molecule has 1 N–H and O–H groups in total. The maximum Gasteiger partial charge on any atom is 0.407 e. The Kier molecular flexibility index (Phi) is 8.41. The highest BCUT2D eigenvalue weighted by Crippen LogP contribution is 2.46. The average molecular weight is 592 g/mol. The molecule has 4 aromatic carbocycles. The lowest BCUT2D eigenvalue weighted by molar-refractivity contribution is 0.0583. The van der Waals surface area contributed by atoms with Crippen LogP contribution in [0.1, 0.15) is 40.0 Å². The number of hydrogen-bond donors (Lipinski definition) is 1. The highest BCUT2D eigenvalue weighted by molar-refractivity contribution is 6.08. The van der Waals surface area contributed by atoms with Gasteiger partial charge in [0.2, 0.25) is 0 Å². The number of carbonyl (C=O) groups is 2. The average Bonchev–Trinajstić information content (AvgIpc) is 3.49. The van der Waals surface area contributed by atoms with E-state index in [0.717, 1.165) is 35.5 Å². The fourth-order valence-electron chi connectivity index (χ4n) is 6.45. The number of ether oxygens (including phenoxy) is 3. The van der Waals surface area contributed by atoms with E-state index in [2.05, 4.69) is 28.4 Å². The first-order valence-corrected chi connectivity index (χ1v) is 15.0. The van der Waals surface area contributed by atoms with Gasteiger partial charge in [-0.25, -0.2) is 4.79 Å². The molecule has 6 rings (SSSR count). The van der Waals surface area contributed by atoms with E-state index in [9.17, 15) is 9.59 Å². The Hall–Kier alpha value is -4.98. The molecule has 8 heteroatoms. The van der Waals surface area contributed by atoms with Gasteiger partial charge in [0.25, 0.3) is 5.91 Å². The zero-order valence-corrected chi connectivity index (χ0v) is 25.2. The van der Waals surface area contributed by atoms with Crippen LogP contribution < -0.4 is 24.6 Å². The fourth-order valence-corrected chi connectivity index (χ4v) is 6.45. The molecule has 4 aromatic rings. The molecule has 3 atom stereocenters. The Morgan fingerprint density at radius 2 is 1.55 bits per heavy atom. The summed E-state index contributed by atoms with van der Waals surface area (Å²) < 4.78 is 17.2. The Balaban J connectivity index is 1.36. The van der Waals surface area contributed by atoms with Crippen molar-refractivity contribution in [3.8, 4) is 11.5 Å². The Labute approximate surface area is 258 Å². The van der Waals surface area contributed by atoms with Gasteiger partial charge in [0.1, 0.15) is 6.10 Å². The Morgan fingerprint density at radius 1 is 0.841 bits per heavy atom. The molecule has 2 amide bonds. The topological polar surface area (TPSA) is 80.3 Å². The lowest BCUT2D eigenvalue weighted by Gasteiger charge is -2.47. The van der Waals surface area contributed by atoms with Gasteiger partial charge in [-0.05, 0) is 61.2 Å². The van der Waals surface area contributed by atoms with Crippen LogP contribution in [0.4, 0.5) is 16.2 Å². The normalized spacial score (nSPS) is 18.7. The summed E-state index contributed by atoms with van der Waals surface area (Å²) in [7, 11) is 3.11. The van der Waals surface area contributed by atoms with Crippen LogP contribution in [0.25, 0.3) is 0 Å². The molecule has 8 nitrogen and oxygen atoms in total. The van der Waals surface area contributed by atoms with Crippen LogP contribution >= 0.6 is 0 Å². The van der Waals surface area contributed by atoms with E-state index in [1.807, 2.05) is 67.6 Å². The molecule has 44 heavy (non-hydrogen) atoms. The van der Waals surface area contributed by atoms with Crippen molar-refractivity contribution in [3.05, 3.63) is 119 Å². The summed E-state index contributed by atoms with van der Waals surface area (Å²) in [4.78, 5) is 31.7. The molecule has 226 valence electrons. The summed E-state index contributed by atoms with van der Waals surface area (Å²) >= 11 is 0. The van der Waals surface area contributed by atoms with Crippen molar-refractivity contribution in [1.82, 2.24) is 5.32 Å². The van der Waals surface area contributed by atoms with E-state index in [1.54, 1.807) is 37.3 Å². The van der Waals surface area contributed by atoms with Crippen LogP contribution in [0.3, 0.4) is 0 Å². The first-order valence-electron chi connectivity index (χ1n) is 15.0. The molecule has 2 aliphatic rings. The first kappa shape index (κ1) is 29.1. The number of anilines is 2. The molecule has 2 aliphatic heterocycles. The van der Waals surface area contributed by atoms with Gasteiger partial charge in [-0.15, -0.1) is 0 Å². The van der Waals surface area contributed by atoms with E-state index >= 15 is 0 Å². The molecule has 0 bridgehead atoms. The zero-order chi connectivity index (χ0) is 30.6. The Bertz CT molecular complexity index is 1640. The third kappa shape index (κ3) is 5.55. The molecule has 0 aliphatic carbocycles. The maximum atomic E-state index is 14.3. The number of hydrogen-bond acceptors (Lipinski definition) is 6. The van der Waals surface area contributed by atoms with Gasteiger partial charge in [0, 0.05) is 35.6 Å². The predicted molar refractivity (Wildman–Crippen MR) is 171 cm³/mol. The number of rotatable bonds is 8. The van der Waals surface area contributed by atoms with Crippen molar-refractivity contribution < 1.29 is 23.8 Å². The number of para-hydroxylation sites is 2. The minimum Gasteiger partial charge on any atom is -0.493 e. The molecule has 3 unspecified atom stereocenters. The van der Waals surface area contributed by atoms with E-state index in [-0.39, 0.29) is 11.9 Å². The van der Waals surface area contributed by atoms with Gasteiger partial charge in [0.05, 0.1) is 26.3 Å². The number of methoxy groups -OCH3 is 2. The summed E-state index contributed by atoms with van der Waals surface area (Å²) in [6.45, 7) is 3.17. The van der Waals surface area contributed by atoms with Crippen molar-refractivity contribution in [2.75, 3.05) is 37.1 Å². The van der Waals surface area contributed by atoms with Crippen molar-refractivity contribution in [2.24, 2.45) is 0 Å². The number of amides is 2. The fraction of sp³-hybridized carbons (Fsp3) is 0.278. The van der Waals surface area contributed by atoms with Crippen molar-refractivity contribution >= 4 is 23.4 Å². The van der Waals surface area contributed by atoms with E-state index in [0.29, 0.717) is 30.0 Å². The van der Waals surface area contributed by atoms with Crippen LogP contribution in [0.5, 0.6) is 11.5 Å². The summed E-state index contributed by atoms with van der Waals surface area (Å²) in [6.07, 6.45) is 0.421. The molecule has 0 spiro atoms.